The van der Waals surface area contributed by atoms with E-state index in [0.717, 1.165) is 52.3 Å². The minimum Gasteiger partial charge on any atom is -0.355 e. The van der Waals surface area contributed by atoms with Crippen LogP contribution in [0.3, 0.4) is 0 Å². The van der Waals surface area contributed by atoms with Crippen molar-refractivity contribution in [3.05, 3.63) is 60.9 Å². The van der Waals surface area contributed by atoms with Gasteiger partial charge < -0.3 is 20.0 Å². The van der Waals surface area contributed by atoms with Crippen molar-refractivity contribution in [1.29, 1.82) is 5.26 Å². The van der Waals surface area contributed by atoms with Crippen molar-refractivity contribution >= 4 is 34.5 Å². The Morgan fingerprint density at radius 1 is 1.14 bits per heavy atom. The van der Waals surface area contributed by atoms with Crippen LogP contribution in [0.4, 0.5) is 0 Å². The molecule has 11 nitrogen and oxygen atoms in total. The Bertz CT molecular complexity index is 1530. The largest absolute Gasteiger partial charge is 0.355 e. The molecule has 0 bridgehead atoms. The fourth-order valence-electron chi connectivity index (χ4n) is 6.74. The van der Waals surface area contributed by atoms with Crippen LogP contribution in [0.5, 0.6) is 0 Å². The van der Waals surface area contributed by atoms with Gasteiger partial charge in [-0.2, -0.15) is 10.5 Å². The van der Waals surface area contributed by atoms with Gasteiger partial charge in [-0.05, 0) is 68.2 Å². The van der Waals surface area contributed by atoms with E-state index in [1.807, 2.05) is 12.1 Å². The highest BCUT2D eigenvalue weighted by Crippen LogP contribution is 2.52. The molecule has 2 fully saturated rings. The van der Waals surface area contributed by atoms with Crippen LogP contribution in [0.1, 0.15) is 72.2 Å². The molecule has 3 aromatic heterocycles. The van der Waals surface area contributed by atoms with Gasteiger partial charge in [0.2, 0.25) is 0 Å². The van der Waals surface area contributed by atoms with E-state index in [1.54, 1.807) is 38.0 Å². The molecule has 0 aromatic carbocycles. The SMILES string of the molecule is C=C(CN[C@H](C)CC1(c2nn[nH]n2)c2sc(C(=O)N(C)C)cc2CCc2cc(C(=O)N(C)C)sc21)N1C(C#N)C[C@@H]2CC21. The monoisotopic (exact) mass is 619 g/mol. The predicted octanol–water partition coefficient (Wildman–Crippen LogP) is 3.03. The highest BCUT2D eigenvalue weighted by Gasteiger charge is 2.53. The summed E-state index contributed by atoms with van der Waals surface area (Å²) in [6, 6.07) is 6.76. The zero-order valence-electron chi connectivity index (χ0n) is 25.2. The topological polar surface area (TPSA) is 134 Å². The number of nitriles is 1. The molecule has 1 saturated carbocycles. The fourth-order valence-corrected chi connectivity index (χ4v) is 9.67. The molecule has 4 atom stereocenters. The second-order valence-corrected chi connectivity index (χ2v) is 14.5. The summed E-state index contributed by atoms with van der Waals surface area (Å²) in [7, 11) is 7.04. The molecule has 43 heavy (non-hydrogen) atoms. The second-order valence-electron chi connectivity index (χ2n) is 12.4. The number of thiophene rings is 2. The van der Waals surface area contributed by atoms with Gasteiger partial charge in [0.1, 0.15) is 11.5 Å². The molecule has 2 aliphatic carbocycles. The normalized spacial score (nSPS) is 22.0. The average molecular weight is 620 g/mol. The number of fused-ring (bicyclic) bond motifs is 3. The predicted molar refractivity (Wildman–Crippen MR) is 165 cm³/mol. The Hall–Kier alpha value is -3.60. The minimum atomic E-state index is -0.836. The van der Waals surface area contributed by atoms with Gasteiger partial charge in [0.15, 0.2) is 5.82 Å². The molecule has 0 spiro atoms. The number of H-pyrrole nitrogens is 1. The van der Waals surface area contributed by atoms with Gasteiger partial charge in [-0.3, -0.25) is 9.59 Å². The number of piperidine rings is 1. The standard InChI is InChI=1S/C30H37N9O2S2/c1-16(32-15-17(2)39-21(14-31)9-20-10-22(20)39)13-30(29-33-35-36-34-29)25-18(11-23(42-25)27(40)37(3)4)7-8-19-12-24(43-26(19)30)28(41)38(5)6/h11-12,16,20-22,32H,2,7-10,13,15H2,1,3-6H3,(H,33,34,35,36)/t16-,20-,21?,22?/m1/s1. The second kappa shape index (κ2) is 11.2. The average Bonchev–Trinajstić information content (AvgIpc) is 3.48. The third kappa shape index (κ3) is 5.05. The Balaban J connectivity index is 1.41. The zero-order valence-corrected chi connectivity index (χ0v) is 26.8. The minimum absolute atomic E-state index is 0.0441. The number of tetrazole rings is 1. The fraction of sp³-hybridized carbons (Fsp3) is 0.533. The highest BCUT2D eigenvalue weighted by atomic mass is 32.1. The van der Waals surface area contributed by atoms with Crippen molar-refractivity contribution in [1.82, 2.24) is 40.6 Å². The lowest BCUT2D eigenvalue weighted by Crippen LogP contribution is -2.42. The quantitative estimate of drug-likeness (QED) is 0.374. The molecule has 3 aromatic rings. The number of nitrogens with one attached hydrogen (secondary N) is 2. The smallest absolute Gasteiger partial charge is 0.263 e. The van der Waals surface area contributed by atoms with Crippen molar-refractivity contribution in [2.75, 3.05) is 34.7 Å². The molecule has 2 N–H and O–H groups in total. The summed E-state index contributed by atoms with van der Waals surface area (Å²) < 4.78 is 0. The van der Waals surface area contributed by atoms with Gasteiger partial charge in [0.25, 0.3) is 11.8 Å². The molecule has 4 heterocycles. The number of aromatic amines is 1. The van der Waals surface area contributed by atoms with Crippen LogP contribution >= 0.6 is 22.7 Å². The maximum Gasteiger partial charge on any atom is 0.263 e. The highest BCUT2D eigenvalue weighted by molar-refractivity contribution is 7.16. The van der Waals surface area contributed by atoms with Crippen LogP contribution in [-0.4, -0.2) is 100.0 Å². The number of amides is 2. The molecule has 2 unspecified atom stereocenters. The van der Waals surface area contributed by atoms with Crippen molar-refractivity contribution < 1.29 is 9.59 Å². The molecule has 226 valence electrons. The van der Waals surface area contributed by atoms with Gasteiger partial charge in [-0.25, -0.2) is 0 Å². The lowest BCUT2D eigenvalue weighted by Gasteiger charge is -2.34. The van der Waals surface area contributed by atoms with Crippen LogP contribution in [0.25, 0.3) is 0 Å². The van der Waals surface area contributed by atoms with E-state index >= 15 is 0 Å². The van der Waals surface area contributed by atoms with Crippen LogP contribution in [0.2, 0.25) is 0 Å². The van der Waals surface area contributed by atoms with Gasteiger partial charge >= 0.3 is 0 Å². The number of carbonyl (C=O) groups is 2. The number of nitrogens with zero attached hydrogens (tertiary/aromatic N) is 7. The Morgan fingerprint density at radius 3 is 2.26 bits per heavy atom. The van der Waals surface area contributed by atoms with Crippen molar-refractivity contribution in [2.45, 2.75) is 62.6 Å². The van der Waals surface area contributed by atoms with E-state index in [2.05, 4.69) is 50.4 Å². The summed E-state index contributed by atoms with van der Waals surface area (Å²) >= 11 is 2.97. The molecule has 1 saturated heterocycles. The van der Waals surface area contributed by atoms with E-state index < -0.39 is 5.41 Å². The molecule has 2 amide bonds. The number of aryl methyl sites for hydroxylation is 2. The molecule has 6 rings (SSSR count). The maximum atomic E-state index is 13.2. The summed E-state index contributed by atoms with van der Waals surface area (Å²) in [5.41, 5.74) is 2.28. The Kier molecular flexibility index (Phi) is 7.64. The molecular weight excluding hydrogens is 583 g/mol. The number of carbonyl (C=O) groups excluding carboxylic acids is 2. The van der Waals surface area contributed by atoms with Gasteiger partial charge in [0, 0.05) is 62.3 Å². The van der Waals surface area contributed by atoms with Gasteiger partial charge in [-0.15, -0.1) is 32.9 Å². The Morgan fingerprint density at radius 2 is 1.74 bits per heavy atom. The third-order valence-corrected chi connectivity index (χ3v) is 11.6. The molecule has 13 heteroatoms. The van der Waals surface area contributed by atoms with E-state index in [0.29, 0.717) is 40.5 Å². The Labute approximate surface area is 259 Å². The number of likely N-dealkylation sites (tertiary alicyclic amines) is 1. The van der Waals surface area contributed by atoms with Crippen molar-refractivity contribution in [3.8, 4) is 6.07 Å². The first-order valence-electron chi connectivity index (χ1n) is 14.6. The van der Waals surface area contributed by atoms with Crippen molar-refractivity contribution in [3.63, 3.8) is 0 Å². The summed E-state index contributed by atoms with van der Waals surface area (Å²) in [6.45, 7) is 7.03. The first kappa shape index (κ1) is 29.5. The van der Waals surface area contributed by atoms with Crippen molar-refractivity contribution in [2.24, 2.45) is 5.92 Å². The third-order valence-electron chi connectivity index (χ3n) is 8.90. The summed E-state index contributed by atoms with van der Waals surface area (Å²) in [5.74, 6) is 1.03. The lowest BCUT2D eigenvalue weighted by molar-refractivity contribution is 0.0825. The van der Waals surface area contributed by atoms with Crippen LogP contribution in [0, 0.1) is 17.2 Å². The first-order chi connectivity index (χ1) is 20.5. The lowest BCUT2D eigenvalue weighted by atomic mass is 9.76. The molecular formula is C30H37N9O2S2. The first-order valence-corrected chi connectivity index (χ1v) is 16.2. The van der Waals surface area contributed by atoms with E-state index in [1.165, 1.54) is 22.7 Å². The molecule has 0 radical (unpaired) electrons. The van der Waals surface area contributed by atoms with Crippen LogP contribution in [0.15, 0.2) is 24.4 Å². The van der Waals surface area contributed by atoms with E-state index in [-0.39, 0.29) is 23.9 Å². The van der Waals surface area contributed by atoms with Gasteiger partial charge in [-0.1, -0.05) is 11.8 Å². The van der Waals surface area contributed by atoms with Crippen LogP contribution in [-0.2, 0) is 18.3 Å². The van der Waals surface area contributed by atoms with Crippen LogP contribution < -0.4 is 5.32 Å². The number of aromatic nitrogens is 4. The van der Waals surface area contributed by atoms with E-state index in [9.17, 15) is 14.9 Å². The molecule has 1 aliphatic heterocycles. The van der Waals surface area contributed by atoms with Gasteiger partial charge in [0.05, 0.1) is 15.8 Å². The zero-order chi connectivity index (χ0) is 30.6. The number of hydrogen-bond donors (Lipinski definition) is 2. The summed E-state index contributed by atoms with van der Waals surface area (Å²) in [5, 5.41) is 29.1. The number of hydrogen-bond acceptors (Lipinski definition) is 10. The number of rotatable bonds is 9. The summed E-state index contributed by atoms with van der Waals surface area (Å²) in [4.78, 5) is 35.1. The summed E-state index contributed by atoms with van der Waals surface area (Å²) in [6.07, 6.45) is 4.09. The van der Waals surface area contributed by atoms with E-state index in [4.69, 9.17) is 0 Å². The maximum absolute atomic E-state index is 13.2. The molecule has 3 aliphatic rings.